The minimum Gasteiger partial charge on any atom is -0.476 e. The topological polar surface area (TPSA) is 97.8 Å². The summed E-state index contributed by atoms with van der Waals surface area (Å²) in [6, 6.07) is 0. The van der Waals surface area contributed by atoms with Gasteiger partial charge in [-0.1, -0.05) is 0 Å². The normalized spacial score (nSPS) is 23.1. The first-order chi connectivity index (χ1) is 6.69. The first-order valence-electron chi connectivity index (χ1n) is 3.94. The number of hydrogen-bond donors (Lipinski definition) is 2. The molecule has 0 saturated heterocycles. The Kier molecular flexibility index (Phi) is 3.90. The second-order valence-corrected chi connectivity index (χ2v) is 3.59. The zero-order chi connectivity index (χ0) is 10.6. The van der Waals surface area contributed by atoms with Gasteiger partial charge in [-0.3, -0.25) is 4.99 Å². The molecule has 0 unspecified atom stereocenters. The summed E-state index contributed by atoms with van der Waals surface area (Å²) >= 11 is 0. The van der Waals surface area contributed by atoms with Crippen molar-refractivity contribution in [2.24, 2.45) is 10.7 Å². The molecule has 1 aliphatic heterocycles. The molecule has 1 rings (SSSR count). The summed E-state index contributed by atoms with van der Waals surface area (Å²) < 4.78 is 28.0. The van der Waals surface area contributed by atoms with Crippen LogP contribution in [0.25, 0.3) is 0 Å². The standard InChI is InChI=1S/C7H12N3O3S/c1-12-5-3-10-7(13-4-5)6(2-8)14(9)11/h2,5,9H,3-4,8H2,1H3/q-1/t5-/m0/s1. The Morgan fingerprint density at radius 2 is 2.64 bits per heavy atom. The summed E-state index contributed by atoms with van der Waals surface area (Å²) in [5.74, 6) is 0.175. The van der Waals surface area contributed by atoms with Gasteiger partial charge in [0.2, 0.25) is 0 Å². The van der Waals surface area contributed by atoms with Gasteiger partial charge in [-0.15, -0.1) is 0 Å². The first-order valence-corrected chi connectivity index (χ1v) is 5.09. The van der Waals surface area contributed by atoms with E-state index in [2.05, 4.69) is 4.99 Å². The van der Waals surface area contributed by atoms with Crippen LogP contribution in [-0.4, -0.2) is 32.3 Å². The summed E-state index contributed by atoms with van der Waals surface area (Å²) in [5.41, 5.74) is 5.20. The summed E-state index contributed by atoms with van der Waals surface area (Å²) in [7, 11) is -0.358. The van der Waals surface area contributed by atoms with Crippen LogP contribution in [-0.2, 0) is 24.3 Å². The van der Waals surface area contributed by atoms with Crippen molar-refractivity contribution in [1.29, 1.82) is 4.78 Å². The van der Waals surface area contributed by atoms with Gasteiger partial charge < -0.3 is 24.2 Å². The fourth-order valence-corrected chi connectivity index (χ4v) is 1.36. The molecule has 1 heterocycles. The van der Waals surface area contributed by atoms with Crippen LogP contribution in [0.15, 0.2) is 16.1 Å². The van der Waals surface area contributed by atoms with Crippen molar-refractivity contribution in [2.75, 3.05) is 20.3 Å². The minimum atomic E-state index is -1.92. The van der Waals surface area contributed by atoms with Crippen molar-refractivity contribution in [2.45, 2.75) is 6.10 Å². The Morgan fingerprint density at radius 1 is 1.93 bits per heavy atom. The van der Waals surface area contributed by atoms with Crippen molar-refractivity contribution in [3.63, 3.8) is 0 Å². The van der Waals surface area contributed by atoms with Gasteiger partial charge in [0.05, 0.1) is 6.54 Å². The average molecular weight is 218 g/mol. The zero-order valence-corrected chi connectivity index (χ0v) is 8.54. The highest BCUT2D eigenvalue weighted by molar-refractivity contribution is 7.79. The SMILES string of the molecule is CO[C@H]1CN=C(C(=CN)[S-](=N)=O)OC1. The number of nitrogens with one attached hydrogen (secondary N) is 1. The van der Waals surface area contributed by atoms with E-state index in [4.69, 9.17) is 20.0 Å². The van der Waals surface area contributed by atoms with Crippen molar-refractivity contribution < 1.29 is 13.7 Å². The van der Waals surface area contributed by atoms with Crippen LogP contribution >= 0.6 is 0 Å². The largest absolute Gasteiger partial charge is 0.476 e. The Labute approximate surface area is 83.8 Å². The molecule has 0 aromatic carbocycles. The lowest BCUT2D eigenvalue weighted by Crippen LogP contribution is -2.30. The number of methoxy groups -OCH3 is 1. The molecule has 0 aromatic rings. The highest BCUT2D eigenvalue weighted by Crippen LogP contribution is 2.08. The molecule has 0 fully saturated rings. The highest BCUT2D eigenvalue weighted by atomic mass is 32.2. The Balaban J connectivity index is 2.76. The number of aliphatic imine (C=N–C) groups is 1. The van der Waals surface area contributed by atoms with E-state index in [0.717, 1.165) is 6.20 Å². The van der Waals surface area contributed by atoms with Crippen molar-refractivity contribution in [3.05, 3.63) is 11.1 Å². The van der Waals surface area contributed by atoms with E-state index in [1.54, 1.807) is 7.11 Å². The van der Waals surface area contributed by atoms with Gasteiger partial charge in [-0.25, -0.2) is 0 Å². The molecule has 0 bridgehead atoms. The molecule has 0 radical (unpaired) electrons. The van der Waals surface area contributed by atoms with Gasteiger partial charge in [0.15, 0.2) is 5.90 Å². The maximum absolute atomic E-state index is 10.9. The molecular weight excluding hydrogens is 206 g/mol. The third-order valence-corrected chi connectivity index (χ3v) is 2.45. The van der Waals surface area contributed by atoms with Crippen molar-refractivity contribution in [1.82, 2.24) is 0 Å². The van der Waals surface area contributed by atoms with Crippen LogP contribution in [0.3, 0.4) is 0 Å². The van der Waals surface area contributed by atoms with Crippen LogP contribution < -0.4 is 5.73 Å². The molecular formula is C7H12N3O3S-. The summed E-state index contributed by atoms with van der Waals surface area (Å²) in [4.78, 5) is 4.08. The van der Waals surface area contributed by atoms with E-state index in [1.807, 2.05) is 0 Å². The van der Waals surface area contributed by atoms with Gasteiger partial charge in [0.1, 0.15) is 12.7 Å². The minimum absolute atomic E-state index is 0.0862. The molecule has 0 aromatic heterocycles. The third kappa shape index (κ3) is 2.46. The molecule has 80 valence electrons. The van der Waals surface area contributed by atoms with Gasteiger partial charge in [0, 0.05) is 7.11 Å². The lowest BCUT2D eigenvalue weighted by atomic mass is 10.3. The molecule has 6 nitrogen and oxygen atoms in total. The summed E-state index contributed by atoms with van der Waals surface area (Å²) in [6.07, 6.45) is 0.992. The predicted octanol–water partition coefficient (Wildman–Crippen LogP) is -0.0436. The van der Waals surface area contributed by atoms with E-state index in [0.29, 0.717) is 13.2 Å². The highest BCUT2D eigenvalue weighted by Gasteiger charge is 2.15. The quantitative estimate of drug-likeness (QED) is 0.649. The Hall–Kier alpha value is -1.08. The van der Waals surface area contributed by atoms with E-state index in [1.165, 1.54) is 0 Å². The van der Waals surface area contributed by atoms with Gasteiger partial charge in [-0.05, 0) is 11.1 Å². The Morgan fingerprint density at radius 3 is 3.00 bits per heavy atom. The van der Waals surface area contributed by atoms with Gasteiger partial charge in [-0.2, -0.15) is 10.6 Å². The molecule has 7 heteroatoms. The monoisotopic (exact) mass is 218 g/mol. The molecule has 1 atom stereocenters. The third-order valence-electron chi connectivity index (χ3n) is 1.74. The number of nitrogens with two attached hydrogens (primary N) is 1. The van der Waals surface area contributed by atoms with E-state index in [9.17, 15) is 4.21 Å². The van der Waals surface area contributed by atoms with E-state index < -0.39 is 10.6 Å². The molecule has 14 heavy (non-hydrogen) atoms. The number of hydrogen-bond acceptors (Lipinski definition) is 7. The van der Waals surface area contributed by atoms with Crippen LogP contribution in [0.5, 0.6) is 0 Å². The maximum Gasteiger partial charge on any atom is 0.194 e. The number of ether oxygens (including phenoxy) is 2. The number of rotatable bonds is 3. The van der Waals surface area contributed by atoms with E-state index >= 15 is 0 Å². The summed E-state index contributed by atoms with van der Waals surface area (Å²) in [5, 5.41) is 0. The van der Waals surface area contributed by atoms with Gasteiger partial charge >= 0.3 is 0 Å². The first kappa shape index (κ1) is 11.0. The molecule has 3 N–H and O–H groups in total. The molecule has 0 aliphatic carbocycles. The maximum atomic E-state index is 10.9. The average Bonchev–Trinajstić information content (AvgIpc) is 2.19. The van der Waals surface area contributed by atoms with Crippen LogP contribution in [0, 0.1) is 4.78 Å². The summed E-state index contributed by atoms with van der Waals surface area (Å²) in [6.45, 7) is 0.768. The smallest absolute Gasteiger partial charge is 0.194 e. The van der Waals surface area contributed by atoms with Gasteiger partial charge in [0.25, 0.3) is 0 Å². The lowest BCUT2D eigenvalue weighted by Gasteiger charge is -2.23. The van der Waals surface area contributed by atoms with Crippen LogP contribution in [0.2, 0.25) is 0 Å². The molecule has 0 saturated carbocycles. The predicted molar refractivity (Wildman–Crippen MR) is 52.1 cm³/mol. The molecule has 1 aliphatic rings. The number of nitrogens with zero attached hydrogens (tertiary/aromatic N) is 1. The second-order valence-electron chi connectivity index (χ2n) is 2.61. The fourth-order valence-electron chi connectivity index (χ4n) is 0.959. The lowest BCUT2D eigenvalue weighted by molar-refractivity contribution is 0.0508. The zero-order valence-electron chi connectivity index (χ0n) is 7.73. The van der Waals surface area contributed by atoms with Crippen molar-refractivity contribution in [3.8, 4) is 0 Å². The van der Waals surface area contributed by atoms with Crippen molar-refractivity contribution >= 4 is 16.5 Å². The molecule has 0 spiro atoms. The van der Waals surface area contributed by atoms with Crippen LogP contribution in [0.1, 0.15) is 0 Å². The molecule has 0 amide bonds. The second kappa shape index (κ2) is 4.97. The Bertz CT molecular complexity index is 327. The van der Waals surface area contributed by atoms with E-state index in [-0.39, 0.29) is 16.9 Å². The fraction of sp³-hybridized carbons (Fsp3) is 0.571. The van der Waals surface area contributed by atoms with Crippen LogP contribution in [0.4, 0.5) is 0 Å².